The quantitative estimate of drug-likeness (QED) is 0.780. The molecule has 6 nitrogen and oxygen atoms in total. The fourth-order valence-corrected chi connectivity index (χ4v) is 3.85. The second kappa shape index (κ2) is 7.47. The maximum absolute atomic E-state index is 12.6. The van der Waals surface area contributed by atoms with Gasteiger partial charge in [-0.2, -0.15) is 0 Å². The van der Waals surface area contributed by atoms with Crippen molar-refractivity contribution >= 4 is 21.6 Å². The van der Waals surface area contributed by atoms with E-state index < -0.39 is 15.9 Å². The molecule has 1 amide bonds. The summed E-state index contributed by atoms with van der Waals surface area (Å²) in [6.07, 6.45) is 1.71. The third-order valence-corrected chi connectivity index (χ3v) is 5.51. The van der Waals surface area contributed by atoms with Gasteiger partial charge in [0.1, 0.15) is 5.75 Å². The van der Waals surface area contributed by atoms with Gasteiger partial charge < -0.3 is 10.1 Å². The van der Waals surface area contributed by atoms with Gasteiger partial charge in [-0.05, 0) is 62.6 Å². The summed E-state index contributed by atoms with van der Waals surface area (Å²) in [5, 5.41) is 2.79. The highest BCUT2D eigenvalue weighted by Crippen LogP contribution is 2.27. The van der Waals surface area contributed by atoms with Crippen molar-refractivity contribution in [3.05, 3.63) is 53.6 Å². The van der Waals surface area contributed by atoms with Crippen LogP contribution in [0.25, 0.3) is 0 Å². The highest BCUT2D eigenvalue weighted by molar-refractivity contribution is 7.89. The van der Waals surface area contributed by atoms with E-state index in [4.69, 9.17) is 4.74 Å². The number of carbonyl (C=O) groups excluding carboxylic acids is 1. The maximum atomic E-state index is 12.6. The number of nitrogens with one attached hydrogen (secondary N) is 2. The molecule has 1 aliphatic rings. The molecule has 0 spiro atoms. The number of carbonyl (C=O) groups is 1. The fourth-order valence-electron chi connectivity index (χ4n) is 2.50. The van der Waals surface area contributed by atoms with E-state index in [9.17, 15) is 13.2 Å². The van der Waals surface area contributed by atoms with Gasteiger partial charge in [0.15, 0.2) is 0 Å². The smallest absolute Gasteiger partial charge is 0.255 e. The Bertz CT molecular complexity index is 921. The standard InChI is InChI=1S/C19H22N2O4S/c1-3-25-18-11-13(2)7-10-17(18)20-19(22)14-5-4-6-16(12-14)26(23,24)21-15-8-9-15/h4-7,10-12,15,21H,3,8-9H2,1-2H3,(H,20,22). The molecule has 0 aliphatic heterocycles. The molecular weight excluding hydrogens is 352 g/mol. The monoisotopic (exact) mass is 374 g/mol. The molecule has 26 heavy (non-hydrogen) atoms. The van der Waals surface area contributed by atoms with Crippen molar-refractivity contribution in [2.75, 3.05) is 11.9 Å². The van der Waals surface area contributed by atoms with Crippen molar-refractivity contribution in [1.29, 1.82) is 0 Å². The zero-order chi connectivity index (χ0) is 18.7. The first-order valence-electron chi connectivity index (χ1n) is 8.56. The minimum absolute atomic E-state index is 0.0128. The van der Waals surface area contributed by atoms with Crippen LogP contribution in [0.1, 0.15) is 35.7 Å². The summed E-state index contributed by atoms with van der Waals surface area (Å²) in [7, 11) is -3.60. The molecule has 1 fully saturated rings. The van der Waals surface area contributed by atoms with E-state index in [1.807, 2.05) is 26.0 Å². The van der Waals surface area contributed by atoms with Crippen LogP contribution in [0, 0.1) is 6.92 Å². The van der Waals surface area contributed by atoms with Gasteiger partial charge in [0.25, 0.3) is 5.91 Å². The van der Waals surface area contributed by atoms with Gasteiger partial charge in [-0.3, -0.25) is 4.79 Å². The number of rotatable bonds is 7. The zero-order valence-corrected chi connectivity index (χ0v) is 15.6. The van der Waals surface area contributed by atoms with E-state index in [1.165, 1.54) is 12.1 Å². The van der Waals surface area contributed by atoms with Gasteiger partial charge in [-0.1, -0.05) is 12.1 Å². The van der Waals surface area contributed by atoms with E-state index in [-0.39, 0.29) is 16.5 Å². The number of anilines is 1. The van der Waals surface area contributed by atoms with Gasteiger partial charge in [0, 0.05) is 11.6 Å². The van der Waals surface area contributed by atoms with E-state index in [1.54, 1.807) is 18.2 Å². The summed E-state index contributed by atoms with van der Waals surface area (Å²) in [6.45, 7) is 4.29. The van der Waals surface area contributed by atoms with E-state index in [2.05, 4.69) is 10.0 Å². The Morgan fingerprint density at radius 3 is 2.65 bits per heavy atom. The second-order valence-electron chi connectivity index (χ2n) is 6.31. The Kier molecular flexibility index (Phi) is 5.29. The third kappa shape index (κ3) is 4.42. The highest BCUT2D eigenvalue weighted by atomic mass is 32.2. The number of ether oxygens (including phenoxy) is 1. The van der Waals surface area contributed by atoms with Crippen molar-refractivity contribution < 1.29 is 17.9 Å². The van der Waals surface area contributed by atoms with Gasteiger partial charge in [-0.25, -0.2) is 13.1 Å². The summed E-state index contributed by atoms with van der Waals surface area (Å²) >= 11 is 0. The topological polar surface area (TPSA) is 84.5 Å². The van der Waals surface area contributed by atoms with Crippen LogP contribution in [-0.4, -0.2) is 27.0 Å². The average molecular weight is 374 g/mol. The molecule has 2 N–H and O–H groups in total. The normalized spacial score (nSPS) is 14.1. The fraction of sp³-hybridized carbons (Fsp3) is 0.316. The van der Waals surface area contributed by atoms with Gasteiger partial charge in [0.05, 0.1) is 17.2 Å². The number of hydrogen-bond acceptors (Lipinski definition) is 4. The van der Waals surface area contributed by atoms with E-state index in [0.717, 1.165) is 18.4 Å². The number of sulfonamides is 1. The minimum Gasteiger partial charge on any atom is -0.492 e. The number of aryl methyl sites for hydroxylation is 1. The van der Waals surface area contributed by atoms with Gasteiger partial charge >= 0.3 is 0 Å². The second-order valence-corrected chi connectivity index (χ2v) is 8.02. The molecule has 0 bridgehead atoms. The summed E-state index contributed by atoms with van der Waals surface area (Å²) in [6, 6.07) is 11.5. The Morgan fingerprint density at radius 1 is 1.19 bits per heavy atom. The van der Waals surface area contributed by atoms with Crippen LogP contribution in [0.15, 0.2) is 47.4 Å². The Morgan fingerprint density at radius 2 is 1.96 bits per heavy atom. The average Bonchev–Trinajstić information content (AvgIpc) is 3.41. The minimum atomic E-state index is -3.60. The van der Waals surface area contributed by atoms with Gasteiger partial charge in [-0.15, -0.1) is 0 Å². The predicted molar refractivity (Wildman–Crippen MR) is 100 cm³/mol. The molecule has 0 unspecified atom stereocenters. The number of benzene rings is 2. The summed E-state index contributed by atoms with van der Waals surface area (Å²) in [5.41, 5.74) is 1.84. The lowest BCUT2D eigenvalue weighted by atomic mass is 10.2. The van der Waals surface area contributed by atoms with E-state index in [0.29, 0.717) is 18.0 Å². The number of amides is 1. The molecule has 0 atom stereocenters. The van der Waals surface area contributed by atoms with E-state index >= 15 is 0 Å². The molecule has 138 valence electrons. The Hall–Kier alpha value is -2.38. The van der Waals surface area contributed by atoms with Crippen LogP contribution in [0.2, 0.25) is 0 Å². The van der Waals surface area contributed by atoms with Crippen LogP contribution in [-0.2, 0) is 10.0 Å². The predicted octanol–water partition coefficient (Wildman–Crippen LogP) is 3.09. The van der Waals surface area contributed by atoms with Crippen LogP contribution in [0.4, 0.5) is 5.69 Å². The largest absolute Gasteiger partial charge is 0.492 e. The lowest BCUT2D eigenvalue weighted by Crippen LogP contribution is -2.26. The molecule has 7 heteroatoms. The lowest BCUT2D eigenvalue weighted by Gasteiger charge is -2.13. The van der Waals surface area contributed by atoms with Crippen LogP contribution >= 0.6 is 0 Å². The van der Waals surface area contributed by atoms with Crippen LogP contribution in [0.5, 0.6) is 5.75 Å². The molecule has 0 saturated heterocycles. The molecular formula is C19H22N2O4S. The molecule has 2 aromatic rings. The van der Waals surface area contributed by atoms with Crippen molar-refractivity contribution in [2.24, 2.45) is 0 Å². The Balaban J connectivity index is 1.81. The SMILES string of the molecule is CCOc1cc(C)ccc1NC(=O)c1cccc(S(=O)(=O)NC2CC2)c1. The van der Waals surface area contributed by atoms with Gasteiger partial charge in [0.2, 0.25) is 10.0 Å². The molecule has 2 aromatic carbocycles. The summed E-state index contributed by atoms with van der Waals surface area (Å²) in [4.78, 5) is 12.7. The lowest BCUT2D eigenvalue weighted by molar-refractivity contribution is 0.102. The number of hydrogen-bond donors (Lipinski definition) is 2. The molecule has 0 aromatic heterocycles. The van der Waals surface area contributed by atoms with Crippen LogP contribution < -0.4 is 14.8 Å². The van der Waals surface area contributed by atoms with Crippen molar-refractivity contribution in [3.63, 3.8) is 0 Å². The zero-order valence-electron chi connectivity index (χ0n) is 14.8. The third-order valence-electron chi connectivity index (χ3n) is 3.99. The first-order valence-corrected chi connectivity index (χ1v) is 10.0. The molecule has 0 radical (unpaired) electrons. The molecule has 1 saturated carbocycles. The Labute approximate surface area is 153 Å². The first kappa shape index (κ1) is 18.4. The molecule has 0 heterocycles. The molecule has 1 aliphatic carbocycles. The maximum Gasteiger partial charge on any atom is 0.255 e. The van der Waals surface area contributed by atoms with Crippen molar-refractivity contribution in [1.82, 2.24) is 4.72 Å². The first-order chi connectivity index (χ1) is 12.4. The summed E-state index contributed by atoms with van der Waals surface area (Å²) < 4.78 is 32.8. The van der Waals surface area contributed by atoms with Crippen molar-refractivity contribution in [3.8, 4) is 5.75 Å². The highest BCUT2D eigenvalue weighted by Gasteiger charge is 2.28. The van der Waals surface area contributed by atoms with Crippen LogP contribution in [0.3, 0.4) is 0 Å². The summed E-state index contributed by atoms with van der Waals surface area (Å²) in [5.74, 6) is 0.193. The van der Waals surface area contributed by atoms with Crippen molar-refractivity contribution in [2.45, 2.75) is 37.6 Å². The molecule has 3 rings (SSSR count).